The van der Waals surface area contributed by atoms with Gasteiger partial charge in [-0.2, -0.15) is 0 Å². The molecule has 0 aliphatic carbocycles. The normalized spacial score (nSPS) is 13.1. The van der Waals surface area contributed by atoms with Gasteiger partial charge in [0.15, 0.2) is 5.84 Å². The molecule has 0 radical (unpaired) electrons. The van der Waals surface area contributed by atoms with Gasteiger partial charge >= 0.3 is 0 Å². The van der Waals surface area contributed by atoms with Crippen molar-refractivity contribution >= 4 is 5.84 Å². The lowest BCUT2D eigenvalue weighted by Crippen LogP contribution is -2.36. The van der Waals surface area contributed by atoms with Gasteiger partial charge in [-0.25, -0.2) is 0 Å². The number of nitrogens with two attached hydrogens (primary N) is 1. The van der Waals surface area contributed by atoms with Crippen LogP contribution < -0.4 is 5.73 Å². The Balaban J connectivity index is 2.85. The molecule has 0 amide bonds. The Morgan fingerprint density at radius 1 is 1.56 bits per heavy atom. The zero-order valence-corrected chi connectivity index (χ0v) is 11.0. The summed E-state index contributed by atoms with van der Waals surface area (Å²) >= 11 is 0. The Bertz CT molecular complexity index is 426. The third-order valence-corrected chi connectivity index (χ3v) is 2.34. The van der Waals surface area contributed by atoms with E-state index in [9.17, 15) is 5.11 Å². The van der Waals surface area contributed by atoms with Crippen LogP contribution in [0.15, 0.2) is 23.5 Å². The van der Waals surface area contributed by atoms with E-state index < -0.39 is 5.60 Å². The molecule has 0 bridgehead atoms. The van der Waals surface area contributed by atoms with Gasteiger partial charge in [-0.1, -0.05) is 11.2 Å². The molecule has 100 valence electrons. The molecule has 18 heavy (non-hydrogen) atoms. The van der Waals surface area contributed by atoms with Crippen molar-refractivity contribution in [1.82, 2.24) is 9.88 Å². The third-order valence-electron chi connectivity index (χ3n) is 2.34. The summed E-state index contributed by atoms with van der Waals surface area (Å²) in [6, 6.07) is 3.66. The molecule has 0 saturated heterocycles. The van der Waals surface area contributed by atoms with Crippen LogP contribution in [0.25, 0.3) is 0 Å². The van der Waals surface area contributed by atoms with E-state index in [-0.39, 0.29) is 5.84 Å². The van der Waals surface area contributed by atoms with Crippen molar-refractivity contribution in [2.75, 3.05) is 13.6 Å². The van der Waals surface area contributed by atoms with Crippen LogP contribution in [0.1, 0.15) is 25.1 Å². The van der Waals surface area contributed by atoms with Crippen LogP contribution in [0.4, 0.5) is 0 Å². The van der Waals surface area contributed by atoms with Crippen LogP contribution >= 0.6 is 0 Å². The third kappa shape index (κ3) is 4.31. The minimum atomic E-state index is -0.770. The molecular formula is C12H20N4O2. The number of pyridine rings is 1. The first-order valence-corrected chi connectivity index (χ1v) is 5.66. The number of amidine groups is 1. The summed E-state index contributed by atoms with van der Waals surface area (Å²) in [6.07, 6.45) is 1.59. The number of aromatic nitrogens is 1. The van der Waals surface area contributed by atoms with Gasteiger partial charge < -0.3 is 16.0 Å². The van der Waals surface area contributed by atoms with Crippen molar-refractivity contribution < 1.29 is 10.3 Å². The average molecular weight is 252 g/mol. The minimum absolute atomic E-state index is 0.0118. The molecule has 1 heterocycles. The minimum Gasteiger partial charge on any atom is -0.409 e. The summed E-state index contributed by atoms with van der Waals surface area (Å²) in [5.41, 5.74) is 6.11. The van der Waals surface area contributed by atoms with E-state index in [1.807, 2.05) is 18.0 Å². The summed E-state index contributed by atoms with van der Waals surface area (Å²) < 4.78 is 0. The molecule has 0 aliphatic rings. The highest BCUT2D eigenvalue weighted by molar-refractivity contribution is 5.96. The van der Waals surface area contributed by atoms with Crippen molar-refractivity contribution in [2.24, 2.45) is 10.9 Å². The van der Waals surface area contributed by atoms with Gasteiger partial charge in [0, 0.05) is 19.3 Å². The molecule has 4 N–H and O–H groups in total. The molecule has 0 spiro atoms. The Hall–Kier alpha value is -1.66. The maximum Gasteiger partial charge on any atom is 0.189 e. The highest BCUT2D eigenvalue weighted by atomic mass is 16.4. The molecule has 6 nitrogen and oxygen atoms in total. The predicted molar refractivity (Wildman–Crippen MR) is 69.4 cm³/mol. The topological polar surface area (TPSA) is 95.0 Å². The fourth-order valence-electron chi connectivity index (χ4n) is 1.85. The SMILES string of the molecule is CN(Cc1cccnc1C(N)=NO)CC(C)(C)O. The zero-order valence-electron chi connectivity index (χ0n) is 11.0. The van der Waals surface area contributed by atoms with Crippen LogP contribution in [0.2, 0.25) is 0 Å². The molecular weight excluding hydrogens is 232 g/mol. The lowest BCUT2D eigenvalue weighted by Gasteiger charge is -2.25. The standard InChI is InChI=1S/C12H20N4O2/c1-12(2,17)8-16(3)7-9-5-4-6-14-10(9)11(13)15-18/h4-6,17-18H,7-8H2,1-3H3,(H2,13,15). The Kier molecular flexibility index (Phi) is 4.63. The lowest BCUT2D eigenvalue weighted by molar-refractivity contribution is 0.0424. The smallest absolute Gasteiger partial charge is 0.189 e. The number of hydrogen-bond acceptors (Lipinski definition) is 5. The van der Waals surface area contributed by atoms with Gasteiger partial charge in [0.25, 0.3) is 0 Å². The number of oxime groups is 1. The van der Waals surface area contributed by atoms with Gasteiger partial charge in [0.1, 0.15) is 5.69 Å². The van der Waals surface area contributed by atoms with Gasteiger partial charge in [0.05, 0.1) is 5.60 Å². The molecule has 6 heteroatoms. The largest absolute Gasteiger partial charge is 0.409 e. The summed E-state index contributed by atoms with van der Waals surface area (Å²) in [5, 5.41) is 21.4. The van der Waals surface area contributed by atoms with Gasteiger partial charge in [-0.05, 0) is 32.5 Å². The first-order valence-electron chi connectivity index (χ1n) is 5.66. The molecule has 0 aromatic carbocycles. The summed E-state index contributed by atoms with van der Waals surface area (Å²) in [4.78, 5) is 6.04. The van der Waals surface area contributed by atoms with Gasteiger partial charge in [-0.15, -0.1) is 0 Å². The van der Waals surface area contributed by atoms with Gasteiger partial charge in [-0.3, -0.25) is 9.88 Å². The van der Waals surface area contributed by atoms with E-state index >= 15 is 0 Å². The number of hydrogen-bond donors (Lipinski definition) is 3. The first kappa shape index (κ1) is 14.4. The van der Waals surface area contributed by atoms with E-state index in [1.165, 1.54) is 0 Å². The molecule has 1 rings (SSSR count). The fourth-order valence-corrected chi connectivity index (χ4v) is 1.85. The van der Waals surface area contributed by atoms with E-state index in [4.69, 9.17) is 10.9 Å². The number of aliphatic hydroxyl groups is 1. The number of rotatable bonds is 5. The van der Waals surface area contributed by atoms with E-state index in [2.05, 4.69) is 10.1 Å². The number of likely N-dealkylation sites (N-methyl/N-ethyl adjacent to an activating group) is 1. The van der Waals surface area contributed by atoms with Crippen molar-refractivity contribution in [3.63, 3.8) is 0 Å². The average Bonchev–Trinajstić information content (AvgIpc) is 2.26. The first-order chi connectivity index (χ1) is 8.33. The van der Waals surface area contributed by atoms with Crippen LogP contribution in [0.5, 0.6) is 0 Å². The Labute approximate surface area is 107 Å². The van der Waals surface area contributed by atoms with Crippen molar-refractivity contribution in [3.05, 3.63) is 29.6 Å². The van der Waals surface area contributed by atoms with Crippen LogP contribution in [-0.2, 0) is 6.54 Å². The zero-order chi connectivity index (χ0) is 13.8. The van der Waals surface area contributed by atoms with E-state index in [1.54, 1.807) is 26.1 Å². The Morgan fingerprint density at radius 3 is 2.78 bits per heavy atom. The maximum atomic E-state index is 9.75. The lowest BCUT2D eigenvalue weighted by atomic mass is 10.1. The molecule has 0 fully saturated rings. The maximum absolute atomic E-state index is 9.75. The monoisotopic (exact) mass is 252 g/mol. The van der Waals surface area contributed by atoms with Crippen molar-refractivity contribution in [2.45, 2.75) is 26.0 Å². The summed E-state index contributed by atoms with van der Waals surface area (Å²) in [7, 11) is 1.89. The van der Waals surface area contributed by atoms with Crippen LogP contribution in [0, 0.1) is 0 Å². The predicted octanol–water partition coefficient (Wildman–Crippen LogP) is 0.379. The fraction of sp³-hybridized carbons (Fsp3) is 0.500. The van der Waals surface area contributed by atoms with E-state index in [0.717, 1.165) is 5.56 Å². The molecule has 0 aliphatic heterocycles. The molecule has 0 unspecified atom stereocenters. The van der Waals surface area contributed by atoms with Crippen LogP contribution in [0.3, 0.4) is 0 Å². The quantitative estimate of drug-likeness (QED) is 0.305. The summed E-state index contributed by atoms with van der Waals surface area (Å²) in [6.45, 7) is 4.56. The highest BCUT2D eigenvalue weighted by Crippen LogP contribution is 2.11. The molecule has 1 aromatic rings. The highest BCUT2D eigenvalue weighted by Gasteiger charge is 2.17. The number of nitrogens with zero attached hydrogens (tertiary/aromatic N) is 3. The second-order valence-electron chi connectivity index (χ2n) is 4.98. The second kappa shape index (κ2) is 5.79. The second-order valence-corrected chi connectivity index (χ2v) is 4.98. The molecule has 1 aromatic heterocycles. The van der Waals surface area contributed by atoms with Crippen LogP contribution in [-0.4, -0.2) is 45.2 Å². The molecule has 0 saturated carbocycles. The Morgan fingerprint density at radius 2 is 2.22 bits per heavy atom. The van der Waals surface area contributed by atoms with Crippen molar-refractivity contribution in [1.29, 1.82) is 0 Å². The molecule has 0 atom stereocenters. The van der Waals surface area contributed by atoms with Gasteiger partial charge in [0.2, 0.25) is 0 Å². The van der Waals surface area contributed by atoms with E-state index in [0.29, 0.717) is 18.8 Å². The van der Waals surface area contributed by atoms with Crippen molar-refractivity contribution in [3.8, 4) is 0 Å². The summed E-state index contributed by atoms with van der Waals surface area (Å²) in [5.74, 6) is -0.0118.